The van der Waals surface area contributed by atoms with Crippen molar-refractivity contribution in [3.63, 3.8) is 0 Å². The summed E-state index contributed by atoms with van der Waals surface area (Å²) in [6, 6.07) is 10.5. The summed E-state index contributed by atoms with van der Waals surface area (Å²) in [4.78, 5) is 98.6. The third-order valence-electron chi connectivity index (χ3n) is 11.8. The Labute approximate surface area is 338 Å². The number of cyclic esters (lactones) is 1. The van der Waals surface area contributed by atoms with Gasteiger partial charge in [0.05, 0.1) is 28.7 Å². The molecule has 1 spiro atoms. The van der Waals surface area contributed by atoms with Gasteiger partial charge in [0.2, 0.25) is 0 Å². The first-order valence-corrected chi connectivity index (χ1v) is 19.0. The lowest BCUT2D eigenvalue weighted by Crippen LogP contribution is -2.89. The minimum atomic E-state index is -2.81. The summed E-state index contributed by atoms with van der Waals surface area (Å²) in [7, 11) is 0. The maximum atomic E-state index is 14.2. The zero-order valence-electron chi connectivity index (χ0n) is 33.5. The van der Waals surface area contributed by atoms with E-state index in [1.165, 1.54) is 56.4 Å². The molecule has 6 rings (SSSR count). The monoisotopic (exact) mass is 825 g/mol. The first-order valence-electron chi connectivity index (χ1n) is 19.0. The van der Waals surface area contributed by atoms with Crippen LogP contribution in [0.3, 0.4) is 0 Å². The van der Waals surface area contributed by atoms with E-state index in [1.54, 1.807) is 6.07 Å². The zero-order valence-corrected chi connectivity index (χ0v) is 33.5. The van der Waals surface area contributed by atoms with Crippen LogP contribution in [-0.4, -0.2) is 124 Å². The van der Waals surface area contributed by atoms with E-state index in [1.807, 2.05) is 0 Å². The van der Waals surface area contributed by atoms with E-state index >= 15 is 0 Å². The predicted octanol–water partition coefficient (Wildman–Crippen LogP) is 1.59. The lowest BCUT2D eigenvalue weighted by molar-refractivity contribution is -0.385. The predicted molar refractivity (Wildman–Crippen MR) is 196 cm³/mol. The molecule has 18 nitrogen and oxygen atoms in total. The number of hydrogen-bond acceptors (Lipinski definition) is 18. The van der Waals surface area contributed by atoms with Crippen LogP contribution < -0.4 is 0 Å². The number of hydrogen-bond donors (Lipinski definition) is 2. The largest absolute Gasteiger partial charge is 0.465 e. The van der Waals surface area contributed by atoms with Crippen LogP contribution in [0, 0.1) is 17.3 Å². The minimum Gasteiger partial charge on any atom is -0.465 e. The Hall–Kier alpha value is -5.46. The smallest absolute Gasteiger partial charge is 0.340 e. The molecule has 3 heterocycles. The van der Waals surface area contributed by atoms with E-state index in [0.717, 1.165) is 34.6 Å². The number of rotatable bonds is 7. The number of aryl methyl sites for hydroxylation is 1. The fourth-order valence-electron chi connectivity index (χ4n) is 9.41. The van der Waals surface area contributed by atoms with Gasteiger partial charge in [0.1, 0.15) is 48.1 Å². The van der Waals surface area contributed by atoms with Crippen molar-refractivity contribution in [3.05, 3.63) is 65.5 Å². The third-order valence-corrected chi connectivity index (χ3v) is 11.8. The van der Waals surface area contributed by atoms with Gasteiger partial charge in [-0.2, -0.15) is 0 Å². The quantitative estimate of drug-likeness (QED) is 0.297. The van der Waals surface area contributed by atoms with Crippen LogP contribution in [0.2, 0.25) is 0 Å². The van der Waals surface area contributed by atoms with Crippen molar-refractivity contribution < 1.29 is 81.7 Å². The Morgan fingerprint density at radius 2 is 1.49 bits per heavy atom. The van der Waals surface area contributed by atoms with Gasteiger partial charge in [0.25, 0.3) is 0 Å². The van der Waals surface area contributed by atoms with Crippen LogP contribution in [0.25, 0.3) is 0 Å². The molecule has 4 bridgehead atoms. The van der Waals surface area contributed by atoms with Crippen molar-refractivity contribution in [2.45, 2.75) is 115 Å². The first kappa shape index (κ1) is 43.1. The average molecular weight is 826 g/mol. The summed E-state index contributed by atoms with van der Waals surface area (Å²) in [5.74, 6) is -9.39. The lowest BCUT2D eigenvalue weighted by Gasteiger charge is -2.67. The number of fused-ring (bicyclic) bond motifs is 5. The molecule has 18 heteroatoms. The summed E-state index contributed by atoms with van der Waals surface area (Å²) in [5, 5.41) is 26.5. The summed E-state index contributed by atoms with van der Waals surface area (Å²) < 4.78 is 48.4. The number of aromatic nitrogens is 1. The van der Waals surface area contributed by atoms with Crippen LogP contribution in [-0.2, 0) is 68.3 Å². The molecule has 12 atom stereocenters. The van der Waals surface area contributed by atoms with E-state index in [0.29, 0.717) is 0 Å². The second-order valence-electron chi connectivity index (χ2n) is 15.8. The maximum absolute atomic E-state index is 14.2. The van der Waals surface area contributed by atoms with Gasteiger partial charge in [0.15, 0.2) is 23.9 Å². The SMILES string of the molecule is CC(=O)OC[C@@]12[C@H](O)[C@@H](OC(=O)c3ccccc3)[C@H]3OC(=O)[C@@H](C)CCc4ncccc4C(=O)OC[C@]4(C)O[C@@]1([C@H](OC(C)=O)[C@H]4[C@H](OC(C)=O)[C@H]2OC(C)=O)[C@@]3(C)O. The Bertz CT molecular complexity index is 2020. The lowest BCUT2D eigenvalue weighted by atomic mass is 9.45. The number of carbonyl (C=O) groups is 7. The van der Waals surface area contributed by atoms with Crippen LogP contribution in [0.15, 0.2) is 48.7 Å². The van der Waals surface area contributed by atoms with Gasteiger partial charge in [-0.15, -0.1) is 0 Å². The fourth-order valence-corrected chi connectivity index (χ4v) is 9.41. The molecule has 0 radical (unpaired) electrons. The molecule has 1 aromatic carbocycles. The number of esters is 7. The molecular formula is C41H47NO17. The van der Waals surface area contributed by atoms with Crippen LogP contribution >= 0.6 is 0 Å². The number of nitrogens with zero attached hydrogens (tertiary/aromatic N) is 1. The second-order valence-corrected chi connectivity index (χ2v) is 15.8. The first-order chi connectivity index (χ1) is 27.7. The maximum Gasteiger partial charge on any atom is 0.340 e. The Morgan fingerprint density at radius 1 is 0.847 bits per heavy atom. The molecule has 0 amide bonds. The van der Waals surface area contributed by atoms with Gasteiger partial charge in [-0.25, -0.2) is 9.59 Å². The van der Waals surface area contributed by atoms with Crippen molar-refractivity contribution in [2.24, 2.45) is 17.3 Å². The summed E-state index contributed by atoms with van der Waals surface area (Å²) in [6.45, 7) is 6.28. The summed E-state index contributed by atoms with van der Waals surface area (Å²) in [5.41, 5.74) is -9.93. The van der Waals surface area contributed by atoms with Crippen molar-refractivity contribution in [3.8, 4) is 0 Å². The fraction of sp³-hybridized carbons (Fsp3) is 0.561. The van der Waals surface area contributed by atoms with Crippen LogP contribution in [0.1, 0.15) is 81.3 Å². The third kappa shape index (κ3) is 7.20. The van der Waals surface area contributed by atoms with Gasteiger partial charge in [0, 0.05) is 33.9 Å². The van der Waals surface area contributed by atoms with Crippen LogP contribution in [0.5, 0.6) is 0 Å². The highest BCUT2D eigenvalue weighted by atomic mass is 16.7. The highest BCUT2D eigenvalue weighted by Gasteiger charge is 2.91. The van der Waals surface area contributed by atoms with E-state index in [9.17, 15) is 43.8 Å². The van der Waals surface area contributed by atoms with Gasteiger partial charge in [-0.05, 0) is 51.0 Å². The molecule has 2 saturated carbocycles. The number of benzene rings is 1. The summed E-state index contributed by atoms with van der Waals surface area (Å²) in [6.07, 6.45) is -10.6. The molecule has 318 valence electrons. The van der Waals surface area contributed by atoms with Crippen LogP contribution in [0.4, 0.5) is 0 Å². The van der Waals surface area contributed by atoms with Crippen molar-refractivity contribution in [2.75, 3.05) is 13.2 Å². The molecule has 4 aliphatic rings. The van der Waals surface area contributed by atoms with Crippen molar-refractivity contribution in [1.29, 1.82) is 0 Å². The molecule has 2 N–H and O–H groups in total. The van der Waals surface area contributed by atoms with E-state index in [4.69, 9.17) is 37.9 Å². The minimum absolute atomic E-state index is 0.0287. The number of carbonyl (C=O) groups excluding carboxylic acids is 7. The highest BCUT2D eigenvalue weighted by molar-refractivity contribution is 5.91. The number of ether oxygens (including phenoxy) is 8. The van der Waals surface area contributed by atoms with Crippen molar-refractivity contribution in [1.82, 2.24) is 4.98 Å². The number of aliphatic hydroxyl groups is 2. The van der Waals surface area contributed by atoms with E-state index in [2.05, 4.69) is 4.98 Å². The molecule has 2 aliphatic carbocycles. The Balaban J connectivity index is 1.72. The molecular weight excluding hydrogens is 778 g/mol. The molecule has 2 aromatic rings. The number of pyridine rings is 1. The van der Waals surface area contributed by atoms with Crippen molar-refractivity contribution >= 4 is 41.8 Å². The zero-order chi connectivity index (χ0) is 43.2. The molecule has 0 unspecified atom stereocenters. The normalized spacial score (nSPS) is 36.3. The molecule has 3 fully saturated rings. The van der Waals surface area contributed by atoms with Gasteiger partial charge in [-0.1, -0.05) is 25.1 Å². The Kier molecular flexibility index (Phi) is 11.7. The number of aliphatic hydroxyl groups excluding tert-OH is 1. The highest BCUT2D eigenvalue weighted by Crippen LogP contribution is 2.69. The Morgan fingerprint density at radius 3 is 2.12 bits per heavy atom. The average Bonchev–Trinajstić information content (AvgIpc) is 3.39. The second kappa shape index (κ2) is 16.0. The molecule has 1 saturated heterocycles. The summed E-state index contributed by atoms with van der Waals surface area (Å²) >= 11 is 0. The molecule has 59 heavy (non-hydrogen) atoms. The molecule has 1 aromatic heterocycles. The van der Waals surface area contributed by atoms with Gasteiger partial charge < -0.3 is 48.1 Å². The van der Waals surface area contributed by atoms with E-state index in [-0.39, 0.29) is 29.7 Å². The van der Waals surface area contributed by atoms with E-state index < -0.39 is 126 Å². The van der Waals surface area contributed by atoms with Gasteiger partial charge >= 0.3 is 41.8 Å². The standard InChI is InChI=1S/C41H47NO17/c1-20-15-16-27-26(14-11-17-42-27)37(50)53-18-38(6)28-29(54-22(3)44)34(56-24(5)46)40(19-52-21(2)43)31(47)30(57-36(49)25-12-9-8-10-13-25)33(58-35(20)48)39(7,51)41(40,59-38)32(28)55-23(4)45/h8-14,17,20,28-34,47,51H,15-16,18-19H2,1-7H3/t20-,28+,29-,30+,31+,32+,33+,34+,38-,39-,40-,41-/m0/s1. The topological polar surface area (TPSA) is 247 Å². The van der Waals surface area contributed by atoms with Gasteiger partial charge in [-0.3, -0.25) is 29.0 Å². The molecule has 2 aliphatic heterocycles.